The van der Waals surface area contributed by atoms with Crippen LogP contribution in [0.2, 0.25) is 0 Å². The van der Waals surface area contributed by atoms with Gasteiger partial charge in [-0.3, -0.25) is 16.0 Å². The molecule has 9 nitrogen and oxygen atoms in total. The zero-order valence-electron chi connectivity index (χ0n) is 11.0. The van der Waals surface area contributed by atoms with Gasteiger partial charge >= 0.3 is 0 Å². The number of sulfonamides is 1. The van der Waals surface area contributed by atoms with E-state index in [9.17, 15) is 18.5 Å². The Hall–Kier alpha value is -1.75. The van der Waals surface area contributed by atoms with Gasteiger partial charge in [0.05, 0.1) is 16.4 Å². The van der Waals surface area contributed by atoms with Crippen LogP contribution in [0.3, 0.4) is 0 Å². The Morgan fingerprint density at radius 2 is 2.10 bits per heavy atom. The smallest absolute Gasteiger partial charge is 0.295 e. The number of nitrogens with one attached hydrogen (secondary N) is 1. The molecule has 1 aromatic carbocycles. The molecular formula is C10H16N4O5S. The highest BCUT2D eigenvalue weighted by atomic mass is 32.2. The molecule has 0 amide bonds. The summed E-state index contributed by atoms with van der Waals surface area (Å²) in [5.74, 6) is 5.18. The average Bonchev–Trinajstić information content (AvgIpc) is 2.37. The summed E-state index contributed by atoms with van der Waals surface area (Å²) in [6.07, 6.45) is 0. The molecule has 112 valence electrons. The fourth-order valence-corrected chi connectivity index (χ4v) is 3.03. The molecule has 0 spiro atoms. The highest BCUT2D eigenvalue weighted by Gasteiger charge is 2.27. The van der Waals surface area contributed by atoms with Crippen molar-refractivity contribution >= 4 is 21.4 Å². The molecule has 0 aliphatic heterocycles. The van der Waals surface area contributed by atoms with Crippen molar-refractivity contribution in [3.8, 4) is 0 Å². The number of hydrogen-bond acceptors (Lipinski definition) is 7. The highest BCUT2D eigenvalue weighted by molar-refractivity contribution is 7.89. The third kappa shape index (κ3) is 3.04. The lowest BCUT2D eigenvalue weighted by atomic mass is 10.2. The van der Waals surface area contributed by atoms with Crippen molar-refractivity contribution < 1.29 is 18.4 Å². The molecule has 10 heteroatoms. The molecule has 20 heavy (non-hydrogen) atoms. The van der Waals surface area contributed by atoms with Gasteiger partial charge in [-0.05, 0) is 18.6 Å². The summed E-state index contributed by atoms with van der Waals surface area (Å²) in [6.45, 7) is 1.05. The van der Waals surface area contributed by atoms with Gasteiger partial charge in [0, 0.05) is 19.7 Å². The highest BCUT2D eigenvalue weighted by Crippen LogP contribution is 2.31. The van der Waals surface area contributed by atoms with Gasteiger partial charge in [0.1, 0.15) is 5.69 Å². The van der Waals surface area contributed by atoms with Crippen LogP contribution in [0.4, 0.5) is 11.4 Å². The van der Waals surface area contributed by atoms with Crippen LogP contribution in [0.25, 0.3) is 0 Å². The molecule has 0 aliphatic rings. The maximum atomic E-state index is 12.3. The summed E-state index contributed by atoms with van der Waals surface area (Å²) < 4.78 is 25.4. The quantitative estimate of drug-likeness (QED) is 0.376. The number of aliphatic hydroxyl groups is 1. The lowest BCUT2D eigenvalue weighted by molar-refractivity contribution is -0.384. The minimum absolute atomic E-state index is 0.0243. The number of nitrogen functional groups attached to an aromatic ring is 1. The number of likely N-dealkylation sites (N-methyl/N-ethyl adjacent to an activating group) is 1. The topological polar surface area (TPSA) is 139 Å². The van der Waals surface area contributed by atoms with E-state index in [-0.39, 0.29) is 23.7 Å². The molecule has 0 aliphatic carbocycles. The van der Waals surface area contributed by atoms with Crippen LogP contribution in [0.15, 0.2) is 17.0 Å². The van der Waals surface area contributed by atoms with E-state index in [4.69, 9.17) is 10.9 Å². The van der Waals surface area contributed by atoms with Crippen molar-refractivity contribution in [1.82, 2.24) is 4.31 Å². The molecule has 0 atom stereocenters. The number of nitrogens with zero attached hydrogens (tertiary/aromatic N) is 2. The van der Waals surface area contributed by atoms with Gasteiger partial charge in [-0.1, -0.05) is 0 Å². The van der Waals surface area contributed by atoms with Gasteiger partial charge in [-0.25, -0.2) is 8.42 Å². The molecule has 1 aromatic rings. The molecule has 0 saturated carbocycles. The van der Waals surface area contributed by atoms with Crippen LogP contribution >= 0.6 is 0 Å². The normalized spacial score (nSPS) is 11.7. The largest absolute Gasteiger partial charge is 0.395 e. The van der Waals surface area contributed by atoms with Crippen LogP contribution in [0.1, 0.15) is 5.56 Å². The van der Waals surface area contributed by atoms with E-state index in [0.717, 1.165) is 10.4 Å². The van der Waals surface area contributed by atoms with E-state index in [2.05, 4.69) is 5.43 Å². The summed E-state index contributed by atoms with van der Waals surface area (Å²) >= 11 is 0. The Balaban J connectivity index is 3.46. The van der Waals surface area contributed by atoms with Gasteiger partial charge in [-0.2, -0.15) is 4.31 Å². The van der Waals surface area contributed by atoms with Crippen LogP contribution < -0.4 is 11.3 Å². The van der Waals surface area contributed by atoms with E-state index in [1.165, 1.54) is 20.0 Å². The number of nitrogens with two attached hydrogens (primary N) is 1. The second-order valence-electron chi connectivity index (χ2n) is 4.09. The number of aryl methyl sites for hydroxylation is 1. The first-order valence-electron chi connectivity index (χ1n) is 5.58. The van der Waals surface area contributed by atoms with Gasteiger partial charge in [0.25, 0.3) is 5.69 Å². The SMILES string of the molecule is Cc1cc(NN)c([N+](=O)[O-])cc1S(=O)(=O)N(C)CCO. The molecule has 0 aromatic heterocycles. The number of anilines is 1. The number of nitro groups is 1. The summed E-state index contributed by atoms with van der Waals surface area (Å²) in [6, 6.07) is 2.24. The number of aliphatic hydroxyl groups excluding tert-OH is 1. The first-order valence-corrected chi connectivity index (χ1v) is 7.02. The monoisotopic (exact) mass is 304 g/mol. The predicted molar refractivity (Wildman–Crippen MR) is 72.5 cm³/mol. The summed E-state index contributed by atoms with van der Waals surface area (Å²) in [4.78, 5) is 10.0. The number of hydrazine groups is 1. The Labute approximate surface area is 116 Å². The van der Waals surface area contributed by atoms with Crippen molar-refractivity contribution in [2.75, 3.05) is 25.6 Å². The van der Waals surface area contributed by atoms with Crippen molar-refractivity contribution in [2.45, 2.75) is 11.8 Å². The van der Waals surface area contributed by atoms with E-state index < -0.39 is 20.6 Å². The van der Waals surface area contributed by atoms with Crippen molar-refractivity contribution in [2.24, 2.45) is 5.84 Å². The van der Waals surface area contributed by atoms with Gasteiger partial charge in [0.15, 0.2) is 0 Å². The molecule has 0 bridgehead atoms. The van der Waals surface area contributed by atoms with Crippen molar-refractivity contribution in [3.05, 3.63) is 27.8 Å². The van der Waals surface area contributed by atoms with E-state index in [1.807, 2.05) is 0 Å². The van der Waals surface area contributed by atoms with Crippen LogP contribution in [0.5, 0.6) is 0 Å². The van der Waals surface area contributed by atoms with Crippen molar-refractivity contribution in [1.29, 1.82) is 0 Å². The number of nitro benzene ring substituents is 1. The number of hydrogen-bond donors (Lipinski definition) is 3. The molecule has 1 rings (SSSR count). The maximum absolute atomic E-state index is 12.3. The third-order valence-electron chi connectivity index (χ3n) is 2.75. The zero-order valence-corrected chi connectivity index (χ0v) is 11.8. The lowest BCUT2D eigenvalue weighted by Gasteiger charge is -2.17. The Kier molecular flexibility index (Phi) is 5.00. The second kappa shape index (κ2) is 6.13. The Morgan fingerprint density at radius 1 is 1.50 bits per heavy atom. The molecule has 0 unspecified atom stereocenters. The average molecular weight is 304 g/mol. The Bertz CT molecular complexity index is 616. The minimum atomic E-state index is -3.91. The zero-order chi connectivity index (χ0) is 15.5. The molecule has 4 N–H and O–H groups in total. The molecule has 0 saturated heterocycles. The summed E-state index contributed by atoms with van der Waals surface area (Å²) in [5, 5.41) is 19.7. The first kappa shape index (κ1) is 16.3. The lowest BCUT2D eigenvalue weighted by Crippen LogP contribution is -2.30. The molecular weight excluding hydrogens is 288 g/mol. The van der Waals surface area contributed by atoms with E-state index >= 15 is 0 Å². The van der Waals surface area contributed by atoms with Crippen molar-refractivity contribution in [3.63, 3.8) is 0 Å². The van der Waals surface area contributed by atoms with Gasteiger partial charge in [0.2, 0.25) is 10.0 Å². The molecule has 0 heterocycles. The maximum Gasteiger partial charge on any atom is 0.295 e. The summed E-state index contributed by atoms with van der Waals surface area (Å²) in [7, 11) is -2.63. The van der Waals surface area contributed by atoms with E-state index in [1.54, 1.807) is 0 Å². The first-order chi connectivity index (χ1) is 9.25. The fourth-order valence-electron chi connectivity index (χ4n) is 1.65. The summed E-state index contributed by atoms with van der Waals surface area (Å²) in [5.41, 5.74) is 2.06. The van der Waals surface area contributed by atoms with Crippen LogP contribution in [0, 0.1) is 17.0 Å². The number of rotatable bonds is 6. The predicted octanol–water partition coefficient (Wildman–Crippen LogP) is -0.198. The van der Waals surface area contributed by atoms with Gasteiger partial charge in [-0.15, -0.1) is 0 Å². The standard InChI is InChI=1S/C10H16N4O5S/c1-7-5-8(12-11)9(14(16)17)6-10(7)20(18,19)13(2)3-4-15/h5-6,12,15H,3-4,11H2,1-2H3. The third-order valence-corrected chi connectivity index (χ3v) is 4.75. The molecule has 0 radical (unpaired) electrons. The fraction of sp³-hybridized carbons (Fsp3) is 0.400. The second-order valence-corrected chi connectivity index (χ2v) is 6.10. The van der Waals surface area contributed by atoms with Gasteiger partial charge < -0.3 is 10.5 Å². The number of benzene rings is 1. The molecule has 0 fully saturated rings. The van der Waals surface area contributed by atoms with E-state index in [0.29, 0.717) is 5.56 Å². The Morgan fingerprint density at radius 3 is 2.55 bits per heavy atom. The van der Waals surface area contributed by atoms with Crippen LogP contribution in [-0.4, -0.2) is 43.0 Å². The minimum Gasteiger partial charge on any atom is -0.395 e. The van der Waals surface area contributed by atoms with Crippen LogP contribution in [-0.2, 0) is 10.0 Å².